The number of aliphatic hydroxyl groups is 1. The molecule has 33 heavy (non-hydrogen) atoms. The number of hydrogen-bond donors (Lipinski definition) is 2. The lowest BCUT2D eigenvalue weighted by molar-refractivity contribution is -0.903. The minimum absolute atomic E-state index is 0.232. The molecule has 182 valence electrons. The molecule has 5 nitrogen and oxygen atoms in total. The van der Waals surface area contributed by atoms with Crippen LogP contribution in [-0.2, 0) is 10.9 Å². The van der Waals surface area contributed by atoms with Crippen molar-refractivity contribution in [2.75, 3.05) is 57.4 Å². The zero-order valence-corrected chi connectivity index (χ0v) is 19.3. The van der Waals surface area contributed by atoms with Crippen molar-refractivity contribution >= 4 is 5.69 Å². The number of piperazine rings is 1. The summed E-state index contributed by atoms with van der Waals surface area (Å²) >= 11 is 0. The number of quaternary nitrogens is 1. The van der Waals surface area contributed by atoms with E-state index in [0.29, 0.717) is 44.5 Å². The van der Waals surface area contributed by atoms with Gasteiger partial charge < -0.3 is 24.4 Å². The van der Waals surface area contributed by atoms with E-state index < -0.39 is 17.8 Å². The average molecular weight is 468 g/mol. The SMILES string of the molecule is CC(C)c1ccccc1OCCOC[C@@H](O)C[NH+]1CCN(c2cccc(C(F)(F)F)c2)CC1. The molecule has 1 heterocycles. The van der Waals surface area contributed by atoms with E-state index in [9.17, 15) is 18.3 Å². The summed E-state index contributed by atoms with van der Waals surface area (Å²) in [4.78, 5) is 3.19. The Labute approximate surface area is 193 Å². The predicted molar refractivity (Wildman–Crippen MR) is 122 cm³/mol. The van der Waals surface area contributed by atoms with Gasteiger partial charge in [0.1, 0.15) is 25.0 Å². The first kappa shape index (κ1) is 25.3. The van der Waals surface area contributed by atoms with Gasteiger partial charge >= 0.3 is 6.18 Å². The minimum Gasteiger partial charge on any atom is -0.491 e. The number of rotatable bonds is 10. The van der Waals surface area contributed by atoms with Gasteiger partial charge in [-0.25, -0.2) is 0 Å². The van der Waals surface area contributed by atoms with Gasteiger partial charge in [0.25, 0.3) is 0 Å². The smallest absolute Gasteiger partial charge is 0.416 e. The Balaban J connectivity index is 1.34. The molecule has 0 bridgehead atoms. The maximum absolute atomic E-state index is 13.0. The normalized spacial score (nSPS) is 16.3. The van der Waals surface area contributed by atoms with Crippen LogP contribution in [0.25, 0.3) is 0 Å². The van der Waals surface area contributed by atoms with E-state index in [1.807, 2.05) is 23.1 Å². The Hall–Kier alpha value is -2.29. The number of anilines is 1. The summed E-state index contributed by atoms with van der Waals surface area (Å²) in [7, 11) is 0. The standard InChI is InChI=1S/C25H33F3N2O3/c1-19(2)23-8-3-4-9-24(23)33-15-14-32-18-22(31)17-29-10-12-30(13-11-29)21-7-5-6-20(16-21)25(26,27)28/h3-9,16,19,22,31H,10-15,17-18H2,1-2H3/p+1/t22-/m0/s1. The van der Waals surface area contributed by atoms with Crippen molar-refractivity contribution in [2.24, 2.45) is 0 Å². The molecule has 2 aromatic rings. The van der Waals surface area contributed by atoms with Crippen LogP contribution >= 0.6 is 0 Å². The lowest BCUT2D eigenvalue weighted by Crippen LogP contribution is -3.16. The topological polar surface area (TPSA) is 46.4 Å². The molecule has 0 aromatic heterocycles. The van der Waals surface area contributed by atoms with Crippen LogP contribution in [0.4, 0.5) is 18.9 Å². The Kier molecular flexibility index (Phi) is 9.00. The summed E-state index contributed by atoms with van der Waals surface area (Å²) in [5.41, 5.74) is 1.12. The lowest BCUT2D eigenvalue weighted by atomic mass is 10.0. The molecule has 0 amide bonds. The summed E-state index contributed by atoms with van der Waals surface area (Å²) in [5, 5.41) is 10.3. The van der Waals surface area contributed by atoms with Gasteiger partial charge in [-0.3, -0.25) is 0 Å². The number of aliphatic hydroxyl groups excluding tert-OH is 1. The van der Waals surface area contributed by atoms with Crippen LogP contribution in [0.2, 0.25) is 0 Å². The van der Waals surface area contributed by atoms with Crippen LogP contribution in [0.5, 0.6) is 5.75 Å². The van der Waals surface area contributed by atoms with Crippen molar-refractivity contribution in [3.05, 3.63) is 59.7 Å². The van der Waals surface area contributed by atoms with Crippen LogP contribution in [0.1, 0.15) is 30.9 Å². The number of alkyl halides is 3. The summed E-state index contributed by atoms with van der Waals surface area (Å²) in [5.74, 6) is 1.24. The highest BCUT2D eigenvalue weighted by molar-refractivity contribution is 5.49. The second-order valence-electron chi connectivity index (χ2n) is 8.76. The molecule has 3 rings (SSSR count). The second kappa shape index (κ2) is 11.7. The highest BCUT2D eigenvalue weighted by Crippen LogP contribution is 2.31. The molecule has 1 fully saturated rings. The quantitative estimate of drug-likeness (QED) is 0.528. The van der Waals surface area contributed by atoms with Crippen LogP contribution in [-0.4, -0.2) is 63.8 Å². The van der Waals surface area contributed by atoms with Gasteiger partial charge in [-0.15, -0.1) is 0 Å². The number of hydrogen-bond acceptors (Lipinski definition) is 4. The summed E-state index contributed by atoms with van der Waals surface area (Å²) < 4.78 is 50.3. The molecule has 1 saturated heterocycles. The minimum atomic E-state index is -4.34. The van der Waals surface area contributed by atoms with Crippen molar-refractivity contribution in [1.82, 2.24) is 0 Å². The number of para-hydroxylation sites is 1. The van der Waals surface area contributed by atoms with E-state index in [1.165, 1.54) is 17.0 Å². The van der Waals surface area contributed by atoms with Crippen molar-refractivity contribution in [2.45, 2.75) is 32.0 Å². The van der Waals surface area contributed by atoms with Gasteiger partial charge in [-0.1, -0.05) is 38.1 Å². The van der Waals surface area contributed by atoms with Gasteiger partial charge in [-0.2, -0.15) is 13.2 Å². The molecule has 0 spiro atoms. The van der Waals surface area contributed by atoms with Crippen LogP contribution in [0.15, 0.2) is 48.5 Å². The summed E-state index contributed by atoms with van der Waals surface area (Å²) in [6.45, 7) is 8.63. The Morgan fingerprint density at radius 3 is 2.45 bits per heavy atom. The molecule has 1 aliphatic heterocycles. The maximum atomic E-state index is 13.0. The monoisotopic (exact) mass is 467 g/mol. The Morgan fingerprint density at radius 1 is 1.03 bits per heavy atom. The summed E-state index contributed by atoms with van der Waals surface area (Å²) in [6, 6.07) is 13.4. The van der Waals surface area contributed by atoms with Gasteiger partial charge in [-0.05, 0) is 35.7 Å². The Bertz CT molecular complexity index is 868. The third kappa shape index (κ3) is 7.62. The molecule has 2 N–H and O–H groups in total. The number of benzene rings is 2. The molecular formula is C25H34F3N2O3+. The number of halogens is 3. The van der Waals surface area contributed by atoms with Crippen molar-refractivity contribution < 1.29 is 32.7 Å². The van der Waals surface area contributed by atoms with Crippen LogP contribution < -0.4 is 14.5 Å². The zero-order valence-electron chi connectivity index (χ0n) is 19.3. The fraction of sp³-hybridized carbons (Fsp3) is 0.520. The van der Waals surface area contributed by atoms with Crippen molar-refractivity contribution in [3.8, 4) is 5.75 Å². The maximum Gasteiger partial charge on any atom is 0.416 e. The predicted octanol–water partition coefficient (Wildman–Crippen LogP) is 2.99. The number of nitrogens with zero attached hydrogens (tertiary/aromatic N) is 1. The molecule has 1 aliphatic rings. The number of ether oxygens (including phenoxy) is 2. The molecule has 8 heteroatoms. The fourth-order valence-electron chi connectivity index (χ4n) is 4.08. The van der Waals surface area contributed by atoms with Gasteiger partial charge in [0.15, 0.2) is 0 Å². The molecule has 0 radical (unpaired) electrons. The lowest BCUT2D eigenvalue weighted by Gasteiger charge is -2.34. The van der Waals surface area contributed by atoms with Crippen LogP contribution in [0.3, 0.4) is 0 Å². The molecule has 0 saturated carbocycles. The van der Waals surface area contributed by atoms with E-state index in [4.69, 9.17) is 9.47 Å². The van der Waals surface area contributed by atoms with E-state index in [0.717, 1.165) is 30.5 Å². The first-order valence-corrected chi connectivity index (χ1v) is 11.5. The summed E-state index contributed by atoms with van der Waals surface area (Å²) in [6.07, 6.45) is -4.93. The molecule has 2 aromatic carbocycles. The third-order valence-corrected chi connectivity index (χ3v) is 5.87. The van der Waals surface area contributed by atoms with Gasteiger partial charge in [0.05, 0.1) is 45.0 Å². The van der Waals surface area contributed by atoms with Crippen LogP contribution in [0, 0.1) is 0 Å². The van der Waals surface area contributed by atoms with E-state index in [1.54, 1.807) is 6.07 Å². The molecule has 0 unspecified atom stereocenters. The van der Waals surface area contributed by atoms with E-state index in [-0.39, 0.29) is 6.61 Å². The largest absolute Gasteiger partial charge is 0.491 e. The molecular weight excluding hydrogens is 433 g/mol. The van der Waals surface area contributed by atoms with Crippen molar-refractivity contribution in [3.63, 3.8) is 0 Å². The van der Waals surface area contributed by atoms with E-state index in [2.05, 4.69) is 19.9 Å². The first-order chi connectivity index (χ1) is 15.7. The molecule has 0 aliphatic carbocycles. The van der Waals surface area contributed by atoms with Gasteiger partial charge in [0, 0.05) is 5.69 Å². The highest BCUT2D eigenvalue weighted by atomic mass is 19.4. The third-order valence-electron chi connectivity index (χ3n) is 5.87. The highest BCUT2D eigenvalue weighted by Gasteiger charge is 2.31. The first-order valence-electron chi connectivity index (χ1n) is 11.5. The number of nitrogens with one attached hydrogen (secondary N) is 1. The zero-order chi connectivity index (χ0) is 23.8. The Morgan fingerprint density at radius 2 is 1.76 bits per heavy atom. The van der Waals surface area contributed by atoms with E-state index >= 15 is 0 Å². The van der Waals surface area contributed by atoms with Gasteiger partial charge in [0.2, 0.25) is 0 Å². The molecule has 1 atom stereocenters. The second-order valence-corrected chi connectivity index (χ2v) is 8.76. The fourth-order valence-corrected chi connectivity index (χ4v) is 4.08. The van der Waals surface area contributed by atoms with Crippen molar-refractivity contribution in [1.29, 1.82) is 0 Å². The average Bonchev–Trinajstić information content (AvgIpc) is 2.79.